The molecule has 0 saturated heterocycles. The van der Waals surface area contributed by atoms with Gasteiger partial charge in [0.05, 0.1) is 17.7 Å². The summed E-state index contributed by atoms with van der Waals surface area (Å²) in [6, 6.07) is 6.31. The van der Waals surface area contributed by atoms with Crippen LogP contribution in [-0.2, 0) is 11.3 Å². The Balaban J connectivity index is 1.92. The van der Waals surface area contributed by atoms with E-state index < -0.39 is 11.9 Å². The molecule has 0 radical (unpaired) electrons. The normalized spacial score (nSPS) is 11.1. The van der Waals surface area contributed by atoms with Gasteiger partial charge in [-0.1, -0.05) is 13.8 Å². The van der Waals surface area contributed by atoms with E-state index in [1.807, 2.05) is 13.8 Å². The Morgan fingerprint density at radius 3 is 2.55 bits per heavy atom. The van der Waals surface area contributed by atoms with Gasteiger partial charge in [-0.15, -0.1) is 0 Å². The molecule has 152 valence electrons. The number of esters is 1. The Morgan fingerprint density at radius 1 is 1.24 bits per heavy atom. The summed E-state index contributed by atoms with van der Waals surface area (Å²) < 4.78 is 11.9. The van der Waals surface area contributed by atoms with Crippen molar-refractivity contribution in [2.24, 2.45) is 5.92 Å². The molecule has 3 rings (SSSR count). The number of nitrogens with zero attached hydrogens (tertiary/aromatic N) is 2. The van der Waals surface area contributed by atoms with Gasteiger partial charge in [0.1, 0.15) is 17.5 Å². The summed E-state index contributed by atoms with van der Waals surface area (Å²) in [5.74, 6) is -0.354. The summed E-state index contributed by atoms with van der Waals surface area (Å²) in [5, 5.41) is 2.89. The number of aryl methyl sites for hydroxylation is 1. The molecule has 1 aromatic carbocycles. The maximum absolute atomic E-state index is 12.9. The number of benzene rings is 1. The molecule has 8 heteroatoms. The SMILES string of the molecule is CCOC(=O)c1ccc(NC(=O)c2c(C)oc3ncn(CC(C)C)c(=O)c23)cc1. The van der Waals surface area contributed by atoms with Crippen molar-refractivity contribution in [1.82, 2.24) is 9.55 Å². The van der Waals surface area contributed by atoms with Gasteiger partial charge < -0.3 is 14.5 Å². The van der Waals surface area contributed by atoms with E-state index >= 15 is 0 Å². The van der Waals surface area contributed by atoms with Crippen LogP contribution in [0.5, 0.6) is 0 Å². The van der Waals surface area contributed by atoms with Gasteiger partial charge in [-0.2, -0.15) is 0 Å². The predicted octanol–water partition coefficient (Wildman–Crippen LogP) is 3.38. The number of nitrogens with one attached hydrogen (secondary N) is 1. The number of hydrogen-bond donors (Lipinski definition) is 1. The predicted molar refractivity (Wildman–Crippen MR) is 108 cm³/mol. The van der Waals surface area contributed by atoms with Crippen molar-refractivity contribution >= 4 is 28.7 Å². The number of aromatic nitrogens is 2. The Bertz CT molecular complexity index is 1110. The molecule has 0 unspecified atom stereocenters. The lowest BCUT2D eigenvalue weighted by atomic mass is 10.1. The molecule has 0 aliphatic carbocycles. The molecule has 0 atom stereocenters. The number of hydrogen-bond acceptors (Lipinski definition) is 6. The number of fused-ring (bicyclic) bond motifs is 1. The van der Waals surface area contributed by atoms with Gasteiger partial charge in [0, 0.05) is 12.2 Å². The van der Waals surface area contributed by atoms with Gasteiger partial charge in [0.2, 0.25) is 5.71 Å². The summed E-state index contributed by atoms with van der Waals surface area (Å²) in [6.07, 6.45) is 1.43. The zero-order chi connectivity index (χ0) is 21.1. The molecule has 2 heterocycles. The van der Waals surface area contributed by atoms with Crippen molar-refractivity contribution in [2.45, 2.75) is 34.2 Å². The highest BCUT2D eigenvalue weighted by Crippen LogP contribution is 2.22. The quantitative estimate of drug-likeness (QED) is 0.640. The van der Waals surface area contributed by atoms with Crippen molar-refractivity contribution in [1.29, 1.82) is 0 Å². The molecule has 0 bridgehead atoms. The zero-order valence-electron chi connectivity index (χ0n) is 16.8. The van der Waals surface area contributed by atoms with E-state index in [4.69, 9.17) is 9.15 Å². The van der Waals surface area contributed by atoms with E-state index in [-0.39, 0.29) is 34.7 Å². The second kappa shape index (κ2) is 8.30. The van der Waals surface area contributed by atoms with Gasteiger partial charge in [-0.05, 0) is 44.0 Å². The van der Waals surface area contributed by atoms with E-state index in [1.54, 1.807) is 38.1 Å². The van der Waals surface area contributed by atoms with E-state index in [2.05, 4.69) is 10.3 Å². The zero-order valence-corrected chi connectivity index (χ0v) is 16.8. The average Bonchev–Trinajstić information content (AvgIpc) is 3.01. The fourth-order valence-corrected chi connectivity index (χ4v) is 3.03. The molecule has 2 aromatic heterocycles. The van der Waals surface area contributed by atoms with Crippen LogP contribution in [0.1, 0.15) is 47.2 Å². The van der Waals surface area contributed by atoms with Crippen molar-refractivity contribution in [3.8, 4) is 0 Å². The highest BCUT2D eigenvalue weighted by Gasteiger charge is 2.23. The maximum Gasteiger partial charge on any atom is 0.338 e. The lowest BCUT2D eigenvalue weighted by Crippen LogP contribution is -2.24. The molecule has 0 aliphatic rings. The Labute approximate surface area is 167 Å². The van der Waals surface area contributed by atoms with E-state index in [0.717, 1.165) is 0 Å². The topological polar surface area (TPSA) is 103 Å². The molecular weight excluding hydrogens is 374 g/mol. The molecule has 0 saturated carbocycles. The van der Waals surface area contributed by atoms with E-state index in [1.165, 1.54) is 10.9 Å². The summed E-state index contributed by atoms with van der Waals surface area (Å²) in [7, 11) is 0. The second-order valence-corrected chi connectivity index (χ2v) is 7.06. The minimum Gasteiger partial charge on any atom is -0.462 e. The van der Waals surface area contributed by atoms with Crippen LogP contribution in [0, 0.1) is 12.8 Å². The first-order valence-electron chi connectivity index (χ1n) is 9.38. The third-order valence-corrected chi connectivity index (χ3v) is 4.30. The minimum absolute atomic E-state index is 0.135. The van der Waals surface area contributed by atoms with Crippen LogP contribution >= 0.6 is 0 Å². The van der Waals surface area contributed by atoms with Crippen molar-refractivity contribution < 1.29 is 18.7 Å². The number of ether oxygens (including phenoxy) is 1. The van der Waals surface area contributed by atoms with Crippen LogP contribution in [0.15, 0.2) is 39.8 Å². The van der Waals surface area contributed by atoms with Gasteiger partial charge >= 0.3 is 5.97 Å². The molecule has 1 amide bonds. The summed E-state index contributed by atoms with van der Waals surface area (Å²) >= 11 is 0. The lowest BCUT2D eigenvalue weighted by molar-refractivity contribution is 0.0526. The smallest absolute Gasteiger partial charge is 0.338 e. The average molecular weight is 397 g/mol. The molecule has 1 N–H and O–H groups in total. The number of anilines is 1. The highest BCUT2D eigenvalue weighted by molar-refractivity contribution is 6.12. The standard InChI is InChI=1S/C21H23N3O5/c1-5-28-21(27)14-6-8-15(9-7-14)23-18(25)16-13(4)29-19-17(16)20(26)24(11-22-19)10-12(2)3/h6-9,11-12H,5,10H2,1-4H3,(H,23,25). The van der Waals surface area contributed by atoms with E-state index in [0.29, 0.717) is 23.6 Å². The van der Waals surface area contributed by atoms with Crippen LogP contribution < -0.4 is 10.9 Å². The van der Waals surface area contributed by atoms with Gasteiger partial charge in [-0.25, -0.2) is 9.78 Å². The third kappa shape index (κ3) is 4.21. The molecule has 29 heavy (non-hydrogen) atoms. The van der Waals surface area contributed by atoms with Crippen LogP contribution in [0.4, 0.5) is 5.69 Å². The monoisotopic (exact) mass is 397 g/mol. The Hall–Kier alpha value is -3.42. The number of carbonyl (C=O) groups excluding carboxylic acids is 2. The Morgan fingerprint density at radius 2 is 1.93 bits per heavy atom. The number of rotatable bonds is 6. The van der Waals surface area contributed by atoms with Gasteiger partial charge in [-0.3, -0.25) is 14.2 Å². The van der Waals surface area contributed by atoms with Gasteiger partial charge in [0.25, 0.3) is 11.5 Å². The molecule has 3 aromatic rings. The lowest BCUT2D eigenvalue weighted by Gasteiger charge is -2.08. The first-order valence-corrected chi connectivity index (χ1v) is 9.38. The summed E-state index contributed by atoms with van der Waals surface area (Å²) in [6.45, 7) is 8.10. The fraction of sp³-hybridized carbons (Fsp3) is 0.333. The fourth-order valence-electron chi connectivity index (χ4n) is 3.03. The number of carbonyl (C=O) groups is 2. The summed E-state index contributed by atoms with van der Waals surface area (Å²) in [5.41, 5.74) is 0.836. The van der Waals surface area contributed by atoms with E-state index in [9.17, 15) is 14.4 Å². The minimum atomic E-state index is -0.480. The second-order valence-electron chi connectivity index (χ2n) is 7.06. The third-order valence-electron chi connectivity index (χ3n) is 4.30. The van der Waals surface area contributed by atoms with Crippen molar-refractivity contribution in [3.63, 3.8) is 0 Å². The number of amides is 1. The molecular formula is C21H23N3O5. The van der Waals surface area contributed by atoms with Crippen molar-refractivity contribution in [3.05, 3.63) is 57.8 Å². The van der Waals surface area contributed by atoms with Crippen LogP contribution in [0.2, 0.25) is 0 Å². The summed E-state index contributed by atoms with van der Waals surface area (Å²) in [4.78, 5) is 41.7. The van der Waals surface area contributed by atoms with Crippen LogP contribution in [-0.4, -0.2) is 28.0 Å². The molecule has 0 aliphatic heterocycles. The Kier molecular flexibility index (Phi) is 5.81. The molecule has 0 spiro atoms. The molecule has 8 nitrogen and oxygen atoms in total. The number of furan rings is 1. The van der Waals surface area contributed by atoms with Crippen LogP contribution in [0.25, 0.3) is 11.1 Å². The highest BCUT2D eigenvalue weighted by atomic mass is 16.5. The maximum atomic E-state index is 12.9. The van der Waals surface area contributed by atoms with Crippen molar-refractivity contribution in [2.75, 3.05) is 11.9 Å². The first-order chi connectivity index (χ1) is 13.8. The first kappa shape index (κ1) is 20.3. The van der Waals surface area contributed by atoms with Gasteiger partial charge in [0.15, 0.2) is 0 Å². The largest absolute Gasteiger partial charge is 0.462 e. The molecule has 0 fully saturated rings. The van der Waals surface area contributed by atoms with Crippen LogP contribution in [0.3, 0.4) is 0 Å².